The number of carbonyl (C=O) groups is 1. The van der Waals surface area contributed by atoms with E-state index in [1.807, 2.05) is 58.0 Å². The number of nitrogens with one attached hydrogen (secondary N) is 1. The summed E-state index contributed by atoms with van der Waals surface area (Å²) in [6.45, 7) is 8.04. The molecule has 7 nitrogen and oxygen atoms in total. The van der Waals surface area contributed by atoms with Crippen molar-refractivity contribution >= 4 is 39.8 Å². The summed E-state index contributed by atoms with van der Waals surface area (Å²) in [5.41, 5.74) is 3.95. The lowest BCUT2D eigenvalue weighted by Crippen LogP contribution is -2.35. The molecule has 2 aliphatic heterocycles. The zero-order valence-electron chi connectivity index (χ0n) is 17.6. The summed E-state index contributed by atoms with van der Waals surface area (Å²) in [5.74, 6) is 0.605. The Morgan fingerprint density at radius 2 is 1.97 bits per heavy atom. The van der Waals surface area contributed by atoms with Crippen molar-refractivity contribution in [1.29, 1.82) is 5.41 Å². The Kier molecular flexibility index (Phi) is 5.11. The Hall–Kier alpha value is -3.13. The SMILES string of the molecule is COc1ccccc1-n1c(C)cc(/C=C2\C(=N)N3N=C(C(C)C)SC3=NC2=O)c1C. The maximum absolute atomic E-state index is 12.7. The molecule has 3 heterocycles. The molecular formula is C22H23N5O2S. The molecule has 0 saturated heterocycles. The highest BCUT2D eigenvalue weighted by Gasteiger charge is 2.36. The van der Waals surface area contributed by atoms with Crippen LogP contribution in [0.3, 0.4) is 0 Å². The van der Waals surface area contributed by atoms with E-state index in [1.165, 1.54) is 16.8 Å². The molecule has 0 bridgehead atoms. The fraction of sp³-hybridized carbons (Fsp3) is 0.273. The summed E-state index contributed by atoms with van der Waals surface area (Å²) in [7, 11) is 1.65. The van der Waals surface area contributed by atoms with E-state index >= 15 is 0 Å². The van der Waals surface area contributed by atoms with Crippen LogP contribution in [0.4, 0.5) is 0 Å². The van der Waals surface area contributed by atoms with Gasteiger partial charge in [0.25, 0.3) is 5.91 Å². The van der Waals surface area contributed by atoms with Crippen LogP contribution in [0.15, 0.2) is 46.0 Å². The summed E-state index contributed by atoms with van der Waals surface area (Å²) in [6, 6.07) is 9.79. The molecule has 0 aliphatic carbocycles. The Morgan fingerprint density at radius 1 is 1.23 bits per heavy atom. The van der Waals surface area contributed by atoms with Crippen LogP contribution in [0.5, 0.6) is 5.75 Å². The van der Waals surface area contributed by atoms with Gasteiger partial charge in [0.05, 0.1) is 18.4 Å². The third kappa shape index (κ3) is 3.27. The molecule has 1 N–H and O–H groups in total. The number of hydrazone groups is 1. The van der Waals surface area contributed by atoms with Gasteiger partial charge in [0.2, 0.25) is 5.17 Å². The lowest BCUT2D eigenvalue weighted by atomic mass is 10.1. The number of fused-ring (bicyclic) bond motifs is 1. The summed E-state index contributed by atoms with van der Waals surface area (Å²) in [5, 5.41) is 15.8. The Balaban J connectivity index is 1.76. The number of rotatable bonds is 4. The van der Waals surface area contributed by atoms with Gasteiger partial charge in [-0.15, -0.1) is 0 Å². The van der Waals surface area contributed by atoms with E-state index in [-0.39, 0.29) is 17.3 Å². The summed E-state index contributed by atoms with van der Waals surface area (Å²) in [4.78, 5) is 16.9. The zero-order valence-corrected chi connectivity index (χ0v) is 18.4. The van der Waals surface area contributed by atoms with Gasteiger partial charge in [0.15, 0.2) is 5.84 Å². The van der Waals surface area contributed by atoms with Crippen molar-refractivity contribution in [2.24, 2.45) is 16.0 Å². The highest BCUT2D eigenvalue weighted by atomic mass is 32.2. The second kappa shape index (κ2) is 7.60. The van der Waals surface area contributed by atoms with E-state index in [4.69, 9.17) is 10.1 Å². The molecule has 0 saturated carbocycles. The van der Waals surface area contributed by atoms with Crippen LogP contribution in [0.2, 0.25) is 0 Å². The Morgan fingerprint density at radius 3 is 2.67 bits per heavy atom. The number of benzene rings is 1. The smallest absolute Gasteiger partial charge is 0.283 e. The van der Waals surface area contributed by atoms with Gasteiger partial charge in [-0.25, -0.2) is 0 Å². The quantitative estimate of drug-likeness (QED) is 0.743. The van der Waals surface area contributed by atoms with E-state index in [9.17, 15) is 4.79 Å². The highest BCUT2D eigenvalue weighted by Crippen LogP contribution is 2.32. The van der Waals surface area contributed by atoms with E-state index in [0.29, 0.717) is 5.17 Å². The Bertz CT molecular complexity index is 1160. The Labute approximate surface area is 179 Å². The van der Waals surface area contributed by atoms with E-state index < -0.39 is 5.91 Å². The molecule has 0 atom stereocenters. The first-order valence-electron chi connectivity index (χ1n) is 9.64. The van der Waals surface area contributed by atoms with E-state index in [2.05, 4.69) is 14.7 Å². The number of aliphatic imine (C=N–C) groups is 1. The zero-order chi connectivity index (χ0) is 21.6. The van der Waals surface area contributed by atoms with Crippen LogP contribution in [-0.2, 0) is 4.79 Å². The summed E-state index contributed by atoms with van der Waals surface area (Å²) >= 11 is 1.35. The number of carbonyl (C=O) groups excluding carboxylic acids is 1. The van der Waals surface area contributed by atoms with Crippen LogP contribution < -0.4 is 4.74 Å². The summed E-state index contributed by atoms with van der Waals surface area (Å²) in [6.07, 6.45) is 1.73. The number of ether oxygens (including phenoxy) is 1. The first kappa shape index (κ1) is 20.2. The van der Waals surface area contributed by atoms with Gasteiger partial charge in [-0.1, -0.05) is 26.0 Å². The van der Waals surface area contributed by atoms with Gasteiger partial charge >= 0.3 is 0 Å². The molecule has 0 fully saturated rings. The number of amides is 1. The molecule has 154 valence electrons. The molecule has 1 amide bonds. The minimum absolute atomic E-state index is 0.0512. The fourth-order valence-corrected chi connectivity index (χ4v) is 4.41. The number of thioether (sulfide) groups is 1. The molecule has 1 aromatic carbocycles. The average molecular weight is 422 g/mol. The van der Waals surface area contributed by atoms with Gasteiger partial charge in [-0.05, 0) is 55.4 Å². The molecule has 2 aromatic rings. The van der Waals surface area contributed by atoms with Gasteiger partial charge < -0.3 is 9.30 Å². The monoisotopic (exact) mass is 421 g/mol. The third-order valence-electron chi connectivity index (χ3n) is 5.06. The van der Waals surface area contributed by atoms with Crippen molar-refractivity contribution < 1.29 is 9.53 Å². The normalized spacial score (nSPS) is 17.5. The van der Waals surface area contributed by atoms with Gasteiger partial charge in [-0.2, -0.15) is 15.1 Å². The van der Waals surface area contributed by atoms with Crippen LogP contribution in [0.25, 0.3) is 11.8 Å². The maximum Gasteiger partial charge on any atom is 0.283 e. The lowest BCUT2D eigenvalue weighted by Gasteiger charge is -2.20. The summed E-state index contributed by atoms with van der Waals surface area (Å²) < 4.78 is 7.59. The average Bonchev–Trinajstić information content (AvgIpc) is 3.26. The number of aryl methyl sites for hydroxylation is 1. The number of hydrogen-bond donors (Lipinski definition) is 1. The fourth-order valence-electron chi connectivity index (χ4n) is 3.51. The van der Waals surface area contributed by atoms with Crippen molar-refractivity contribution in [3.05, 3.63) is 52.9 Å². The third-order valence-corrected chi connectivity index (χ3v) is 6.27. The predicted octanol–water partition coefficient (Wildman–Crippen LogP) is 4.38. The van der Waals surface area contributed by atoms with Crippen molar-refractivity contribution in [3.63, 3.8) is 0 Å². The molecular weight excluding hydrogens is 398 g/mol. The number of amidine groups is 2. The van der Waals surface area contributed by atoms with E-state index in [1.54, 1.807) is 13.2 Å². The van der Waals surface area contributed by atoms with Crippen molar-refractivity contribution in [3.8, 4) is 11.4 Å². The van der Waals surface area contributed by atoms with Crippen LogP contribution in [-0.4, -0.2) is 38.6 Å². The predicted molar refractivity (Wildman–Crippen MR) is 122 cm³/mol. The number of aromatic nitrogens is 1. The van der Waals surface area contributed by atoms with Crippen LogP contribution in [0, 0.1) is 25.2 Å². The maximum atomic E-state index is 12.7. The first-order valence-corrected chi connectivity index (χ1v) is 10.5. The minimum Gasteiger partial charge on any atom is -0.495 e. The molecule has 0 radical (unpaired) electrons. The van der Waals surface area contributed by atoms with E-state index in [0.717, 1.165) is 33.4 Å². The van der Waals surface area contributed by atoms with Crippen molar-refractivity contribution in [1.82, 2.24) is 9.58 Å². The van der Waals surface area contributed by atoms with Crippen LogP contribution in [0.1, 0.15) is 30.8 Å². The topological polar surface area (TPSA) is 83.0 Å². The van der Waals surface area contributed by atoms with Gasteiger partial charge in [0, 0.05) is 17.3 Å². The van der Waals surface area contributed by atoms with Crippen LogP contribution >= 0.6 is 11.8 Å². The highest BCUT2D eigenvalue weighted by molar-refractivity contribution is 8.27. The largest absolute Gasteiger partial charge is 0.495 e. The number of nitrogens with zero attached hydrogens (tertiary/aromatic N) is 4. The molecule has 0 spiro atoms. The minimum atomic E-state index is -0.416. The molecule has 4 rings (SSSR count). The molecule has 2 aliphatic rings. The first-order chi connectivity index (χ1) is 14.3. The van der Waals surface area contributed by atoms with Gasteiger partial charge in [0.1, 0.15) is 10.8 Å². The number of para-hydroxylation sites is 2. The number of hydrogen-bond acceptors (Lipinski definition) is 5. The second-order valence-corrected chi connectivity index (χ2v) is 8.43. The number of methoxy groups -OCH3 is 1. The van der Waals surface area contributed by atoms with Crippen molar-refractivity contribution in [2.75, 3.05) is 7.11 Å². The standard InChI is InChI=1S/C22H23N5O2S/c1-12(2)21-25-27-19(23)16(20(28)24-22(27)30-21)11-15-10-13(3)26(14(15)4)17-8-6-7-9-18(17)29-5/h6-12,23H,1-5H3/b16-11+,23-19?. The molecule has 8 heteroatoms. The molecule has 0 unspecified atom stereocenters. The van der Waals surface area contributed by atoms with Gasteiger partial charge in [-0.3, -0.25) is 10.2 Å². The molecule has 1 aromatic heterocycles. The second-order valence-electron chi connectivity index (χ2n) is 7.45. The molecule has 30 heavy (non-hydrogen) atoms. The lowest BCUT2D eigenvalue weighted by molar-refractivity contribution is -0.114. The van der Waals surface area contributed by atoms with Crippen molar-refractivity contribution in [2.45, 2.75) is 27.7 Å².